The number of thioether (sulfide) groups is 2. The Morgan fingerprint density at radius 3 is 1.89 bits per heavy atom. The highest BCUT2D eigenvalue weighted by Gasteiger charge is 2.24. The van der Waals surface area contributed by atoms with Crippen LogP contribution in [0.2, 0.25) is 0 Å². The SMILES string of the molecule is CC(C)(C)Cc1nc2c(SCc3ccccc3)nnc(SCc3ccccc3)c2n1Cc1ccc(-c2ccccc2C(=O)O)cc1. The number of benzene rings is 4. The molecule has 6 rings (SSSR count). The van der Waals surface area contributed by atoms with Crippen molar-refractivity contribution in [1.29, 1.82) is 0 Å². The fraction of sp³-hybridized carbons (Fsp3) is 0.211. The van der Waals surface area contributed by atoms with Crippen LogP contribution in [0.1, 0.15) is 53.6 Å². The zero-order chi connectivity index (χ0) is 32.1. The van der Waals surface area contributed by atoms with Gasteiger partial charge in [-0.05, 0) is 39.3 Å². The quantitative estimate of drug-likeness (QED) is 0.141. The number of carboxylic acids is 1. The Hall–Kier alpha value is -4.40. The minimum absolute atomic E-state index is 0.0130. The van der Waals surface area contributed by atoms with Gasteiger partial charge in [-0.1, -0.05) is 147 Å². The van der Waals surface area contributed by atoms with Gasteiger partial charge < -0.3 is 9.67 Å². The van der Waals surface area contributed by atoms with Gasteiger partial charge in [-0.25, -0.2) is 9.78 Å². The summed E-state index contributed by atoms with van der Waals surface area (Å²) in [6, 6.07) is 36.1. The van der Waals surface area contributed by atoms with E-state index in [0.29, 0.717) is 17.7 Å². The van der Waals surface area contributed by atoms with E-state index in [0.717, 1.165) is 56.0 Å². The summed E-state index contributed by atoms with van der Waals surface area (Å²) in [6.45, 7) is 7.31. The van der Waals surface area contributed by atoms with Crippen LogP contribution in [0.25, 0.3) is 22.2 Å². The molecule has 0 fully saturated rings. The Kier molecular flexibility index (Phi) is 9.56. The molecule has 6 nitrogen and oxygen atoms in total. The molecule has 0 saturated carbocycles. The second kappa shape index (κ2) is 13.9. The molecule has 6 aromatic rings. The number of aromatic carboxylic acids is 1. The topological polar surface area (TPSA) is 80.9 Å². The van der Waals surface area contributed by atoms with Crippen LogP contribution in [0, 0.1) is 5.41 Å². The van der Waals surface area contributed by atoms with E-state index >= 15 is 0 Å². The smallest absolute Gasteiger partial charge is 0.336 e. The first-order valence-corrected chi connectivity index (χ1v) is 17.2. The number of carbonyl (C=O) groups is 1. The van der Waals surface area contributed by atoms with Crippen molar-refractivity contribution in [1.82, 2.24) is 19.7 Å². The summed E-state index contributed by atoms with van der Waals surface area (Å²) in [4.78, 5) is 17.1. The third-order valence-electron chi connectivity index (χ3n) is 7.57. The molecule has 0 aliphatic heterocycles. The monoisotopic (exact) mass is 644 g/mol. The van der Waals surface area contributed by atoms with Crippen molar-refractivity contribution in [2.24, 2.45) is 5.41 Å². The summed E-state index contributed by atoms with van der Waals surface area (Å²) in [5, 5.41) is 20.9. The van der Waals surface area contributed by atoms with Crippen LogP contribution < -0.4 is 0 Å². The predicted molar refractivity (Wildman–Crippen MR) is 188 cm³/mol. The molecular weight excluding hydrogens is 609 g/mol. The van der Waals surface area contributed by atoms with Crippen LogP contribution in [0.15, 0.2) is 119 Å². The fourth-order valence-electron chi connectivity index (χ4n) is 5.37. The third kappa shape index (κ3) is 7.52. The Labute approximate surface area is 278 Å². The molecule has 0 unspecified atom stereocenters. The summed E-state index contributed by atoms with van der Waals surface area (Å²) in [6.07, 6.45) is 0.789. The Morgan fingerprint density at radius 2 is 1.28 bits per heavy atom. The molecule has 0 spiro atoms. The van der Waals surface area contributed by atoms with E-state index in [9.17, 15) is 9.90 Å². The fourth-order valence-corrected chi connectivity index (χ4v) is 7.18. The Bertz CT molecular complexity index is 1950. The highest BCUT2D eigenvalue weighted by molar-refractivity contribution is 7.99. The molecule has 2 heterocycles. The van der Waals surface area contributed by atoms with E-state index in [4.69, 9.17) is 15.2 Å². The largest absolute Gasteiger partial charge is 0.478 e. The van der Waals surface area contributed by atoms with Crippen LogP contribution in [-0.4, -0.2) is 30.8 Å². The van der Waals surface area contributed by atoms with Crippen LogP contribution in [-0.2, 0) is 24.5 Å². The number of carboxylic acid groups (broad SMARTS) is 1. The molecule has 0 radical (unpaired) electrons. The van der Waals surface area contributed by atoms with Gasteiger partial charge in [0.1, 0.15) is 26.9 Å². The lowest BCUT2D eigenvalue weighted by Gasteiger charge is -2.19. The standard InChI is InChI=1S/C38H36N4O2S2/c1-38(2,3)22-32-39-33-34(42(32)23-26-18-20-29(21-19-26)30-16-10-11-17-31(30)37(43)44)36(46-25-28-14-8-5-9-15-28)41-40-35(33)45-24-27-12-6-4-7-13-27/h4-21H,22-25H2,1-3H3,(H,43,44). The number of hydrogen-bond donors (Lipinski definition) is 1. The molecule has 232 valence electrons. The lowest BCUT2D eigenvalue weighted by Crippen LogP contribution is -2.15. The molecule has 0 aliphatic carbocycles. The molecule has 0 atom stereocenters. The second-order valence-electron chi connectivity index (χ2n) is 12.5. The first kappa shape index (κ1) is 31.6. The summed E-state index contributed by atoms with van der Waals surface area (Å²) in [7, 11) is 0. The van der Waals surface area contributed by atoms with Gasteiger partial charge in [0.25, 0.3) is 0 Å². The van der Waals surface area contributed by atoms with Crippen LogP contribution in [0.5, 0.6) is 0 Å². The molecular formula is C38H36N4O2S2. The highest BCUT2D eigenvalue weighted by atomic mass is 32.2. The number of aromatic nitrogens is 4. The predicted octanol–water partition coefficient (Wildman–Crippen LogP) is 9.41. The van der Waals surface area contributed by atoms with E-state index in [2.05, 4.69) is 86.0 Å². The number of nitrogens with zero attached hydrogens (tertiary/aromatic N) is 4. The maximum atomic E-state index is 11.9. The summed E-state index contributed by atoms with van der Waals surface area (Å²) >= 11 is 3.36. The molecule has 0 amide bonds. The first-order valence-electron chi connectivity index (χ1n) is 15.3. The van der Waals surface area contributed by atoms with Crippen molar-refractivity contribution in [2.45, 2.75) is 55.3 Å². The van der Waals surface area contributed by atoms with Crippen molar-refractivity contribution in [3.63, 3.8) is 0 Å². The van der Waals surface area contributed by atoms with Gasteiger partial charge in [0.15, 0.2) is 0 Å². The molecule has 2 aromatic heterocycles. The van der Waals surface area contributed by atoms with Gasteiger partial charge in [-0.2, -0.15) is 0 Å². The summed E-state index contributed by atoms with van der Waals surface area (Å²) in [5.41, 5.74) is 7.33. The van der Waals surface area contributed by atoms with Crippen molar-refractivity contribution in [3.8, 4) is 11.1 Å². The summed E-state index contributed by atoms with van der Waals surface area (Å²) < 4.78 is 2.31. The minimum atomic E-state index is -0.932. The Morgan fingerprint density at radius 1 is 0.717 bits per heavy atom. The molecule has 46 heavy (non-hydrogen) atoms. The van der Waals surface area contributed by atoms with Crippen molar-refractivity contribution < 1.29 is 9.90 Å². The van der Waals surface area contributed by atoms with Crippen LogP contribution in [0.4, 0.5) is 0 Å². The average molecular weight is 645 g/mol. The van der Waals surface area contributed by atoms with Gasteiger partial charge in [0, 0.05) is 24.5 Å². The highest BCUT2D eigenvalue weighted by Crippen LogP contribution is 2.36. The maximum absolute atomic E-state index is 11.9. The number of fused-ring (bicyclic) bond motifs is 1. The molecule has 0 bridgehead atoms. The minimum Gasteiger partial charge on any atom is -0.478 e. The number of rotatable bonds is 11. The third-order valence-corrected chi connectivity index (χ3v) is 9.62. The van der Waals surface area contributed by atoms with E-state index in [-0.39, 0.29) is 5.41 Å². The number of imidazole rings is 1. The van der Waals surface area contributed by atoms with E-state index in [1.807, 2.05) is 36.4 Å². The maximum Gasteiger partial charge on any atom is 0.336 e. The lowest BCUT2D eigenvalue weighted by atomic mass is 9.92. The van der Waals surface area contributed by atoms with Crippen LogP contribution >= 0.6 is 23.5 Å². The zero-order valence-electron chi connectivity index (χ0n) is 26.2. The van der Waals surface area contributed by atoms with Crippen molar-refractivity contribution in [3.05, 3.63) is 137 Å². The zero-order valence-corrected chi connectivity index (χ0v) is 27.8. The average Bonchev–Trinajstić information content (AvgIpc) is 3.40. The van der Waals surface area contributed by atoms with Crippen LogP contribution in [0.3, 0.4) is 0 Å². The van der Waals surface area contributed by atoms with Crippen molar-refractivity contribution >= 4 is 40.5 Å². The molecule has 1 N–H and O–H groups in total. The number of hydrogen-bond acceptors (Lipinski definition) is 6. The van der Waals surface area contributed by atoms with Gasteiger partial charge in [0.05, 0.1) is 5.56 Å². The van der Waals surface area contributed by atoms with Gasteiger partial charge >= 0.3 is 5.97 Å². The van der Waals surface area contributed by atoms with E-state index in [1.54, 1.807) is 35.7 Å². The molecule has 4 aromatic carbocycles. The second-order valence-corrected chi connectivity index (χ2v) is 14.4. The van der Waals surface area contributed by atoms with Gasteiger partial charge in [-0.3, -0.25) is 0 Å². The van der Waals surface area contributed by atoms with E-state index in [1.165, 1.54) is 11.1 Å². The normalized spacial score (nSPS) is 11.6. The molecule has 0 aliphatic rings. The van der Waals surface area contributed by atoms with Gasteiger partial charge in [0.2, 0.25) is 0 Å². The van der Waals surface area contributed by atoms with Gasteiger partial charge in [-0.15, -0.1) is 10.2 Å². The first-order chi connectivity index (χ1) is 22.2. The molecule has 0 saturated heterocycles. The Balaban J connectivity index is 1.41. The molecule has 8 heteroatoms. The summed E-state index contributed by atoms with van der Waals surface area (Å²) in [5.74, 6) is 1.63. The lowest BCUT2D eigenvalue weighted by molar-refractivity contribution is 0.0697. The van der Waals surface area contributed by atoms with E-state index < -0.39 is 5.97 Å². The van der Waals surface area contributed by atoms with Crippen molar-refractivity contribution in [2.75, 3.05) is 0 Å².